The summed E-state index contributed by atoms with van der Waals surface area (Å²) in [4.78, 5) is 0. The fraction of sp³-hybridized carbons (Fsp3) is 0.500. The molecule has 8 heteroatoms. The zero-order valence-electron chi connectivity index (χ0n) is 11.6. The zero-order chi connectivity index (χ0) is 14.0. The molecule has 0 aliphatic rings. The molecule has 0 atom stereocenters. The van der Waals surface area contributed by atoms with Crippen molar-refractivity contribution >= 4 is 18.1 Å². The molecule has 0 fully saturated rings. The van der Waals surface area contributed by atoms with Crippen LogP contribution in [0.5, 0.6) is 0 Å². The summed E-state index contributed by atoms with van der Waals surface area (Å²) in [5, 5.41) is 11.1. The van der Waals surface area contributed by atoms with Gasteiger partial charge in [0.25, 0.3) is 0 Å². The first kappa shape index (κ1) is 16.4. The molecule has 1 N–H and O–H groups in total. The van der Waals surface area contributed by atoms with E-state index in [9.17, 15) is 8.78 Å². The van der Waals surface area contributed by atoms with E-state index in [1.165, 1.54) is 6.20 Å². The number of aryl methyl sites for hydroxylation is 3. The van der Waals surface area contributed by atoms with Crippen molar-refractivity contribution < 1.29 is 8.78 Å². The molecule has 0 aliphatic heterocycles. The Bertz CT molecular complexity index is 564. The standard InChI is InChI=1S/C12H17F2N5.ClH/c1-4-18-11(8(2)5-16-18)6-15-10-7-19(12(13)14)17-9(10)3;/h5,7,12,15H,4,6H2,1-3H3;1H. The largest absolute Gasteiger partial charge is 0.377 e. The quantitative estimate of drug-likeness (QED) is 0.923. The third kappa shape index (κ3) is 3.27. The van der Waals surface area contributed by atoms with Crippen molar-refractivity contribution in [3.05, 3.63) is 29.3 Å². The summed E-state index contributed by atoms with van der Waals surface area (Å²) in [5.74, 6) is 0. The maximum absolute atomic E-state index is 12.5. The van der Waals surface area contributed by atoms with Gasteiger partial charge >= 0.3 is 6.55 Å². The minimum Gasteiger partial charge on any atom is -0.377 e. The Balaban J connectivity index is 0.00000200. The highest BCUT2D eigenvalue weighted by atomic mass is 35.5. The Labute approximate surface area is 122 Å². The van der Waals surface area contributed by atoms with E-state index < -0.39 is 6.55 Å². The molecular formula is C12H18ClF2N5. The second-order valence-electron chi connectivity index (χ2n) is 4.33. The maximum Gasteiger partial charge on any atom is 0.333 e. The van der Waals surface area contributed by atoms with Gasteiger partial charge in [0.05, 0.1) is 36.0 Å². The third-order valence-corrected chi connectivity index (χ3v) is 3.02. The van der Waals surface area contributed by atoms with Crippen LogP contribution in [-0.2, 0) is 13.1 Å². The van der Waals surface area contributed by atoms with Crippen LogP contribution in [0.15, 0.2) is 12.4 Å². The van der Waals surface area contributed by atoms with Crippen molar-refractivity contribution in [2.45, 2.75) is 40.4 Å². The van der Waals surface area contributed by atoms with Gasteiger partial charge < -0.3 is 5.32 Å². The number of rotatable bonds is 5. The van der Waals surface area contributed by atoms with Gasteiger partial charge in [-0.2, -0.15) is 19.0 Å². The van der Waals surface area contributed by atoms with Crippen LogP contribution in [0.4, 0.5) is 14.5 Å². The summed E-state index contributed by atoms with van der Waals surface area (Å²) in [6.07, 6.45) is 3.12. The lowest BCUT2D eigenvalue weighted by molar-refractivity contribution is 0.0563. The predicted octanol–water partition coefficient (Wildman–Crippen LogP) is 3.15. The number of hydrogen-bond acceptors (Lipinski definition) is 3. The fourth-order valence-corrected chi connectivity index (χ4v) is 1.94. The molecule has 2 heterocycles. The molecule has 2 aromatic rings. The van der Waals surface area contributed by atoms with Gasteiger partial charge in [0.2, 0.25) is 0 Å². The van der Waals surface area contributed by atoms with Crippen molar-refractivity contribution in [2.24, 2.45) is 0 Å². The molecule has 5 nitrogen and oxygen atoms in total. The van der Waals surface area contributed by atoms with Crippen LogP contribution >= 0.6 is 12.4 Å². The molecule has 0 unspecified atom stereocenters. The second-order valence-corrected chi connectivity index (χ2v) is 4.33. The Morgan fingerprint density at radius 2 is 2.05 bits per heavy atom. The van der Waals surface area contributed by atoms with Crippen molar-refractivity contribution in [1.82, 2.24) is 19.6 Å². The van der Waals surface area contributed by atoms with Crippen LogP contribution < -0.4 is 5.32 Å². The summed E-state index contributed by atoms with van der Waals surface area (Å²) in [6, 6.07) is 0. The van der Waals surface area contributed by atoms with Gasteiger partial charge in [-0.15, -0.1) is 12.4 Å². The molecule has 0 saturated carbocycles. The van der Waals surface area contributed by atoms with Crippen LogP contribution in [0.2, 0.25) is 0 Å². The Morgan fingerprint density at radius 3 is 2.60 bits per heavy atom. The normalized spacial score (nSPS) is 10.7. The molecule has 0 bridgehead atoms. The lowest BCUT2D eigenvalue weighted by Gasteiger charge is -2.08. The maximum atomic E-state index is 12.5. The number of anilines is 1. The molecule has 0 radical (unpaired) electrons. The summed E-state index contributed by atoms with van der Waals surface area (Å²) in [7, 11) is 0. The van der Waals surface area contributed by atoms with E-state index in [-0.39, 0.29) is 12.4 Å². The molecular weight excluding hydrogens is 288 g/mol. The van der Waals surface area contributed by atoms with E-state index in [4.69, 9.17) is 0 Å². The van der Waals surface area contributed by atoms with E-state index in [0.29, 0.717) is 22.6 Å². The Kier molecular flexibility index (Phi) is 5.50. The molecule has 2 rings (SSSR count). The smallest absolute Gasteiger partial charge is 0.333 e. The minimum atomic E-state index is -2.61. The van der Waals surface area contributed by atoms with Gasteiger partial charge in [-0.1, -0.05) is 0 Å². The molecule has 0 amide bonds. The number of nitrogens with zero attached hydrogens (tertiary/aromatic N) is 4. The fourth-order valence-electron chi connectivity index (χ4n) is 1.94. The van der Waals surface area contributed by atoms with E-state index >= 15 is 0 Å². The molecule has 2 aromatic heterocycles. The van der Waals surface area contributed by atoms with Crippen molar-refractivity contribution in [3.63, 3.8) is 0 Å². The average molecular weight is 306 g/mol. The van der Waals surface area contributed by atoms with Crippen LogP contribution in [0.1, 0.15) is 30.4 Å². The molecule has 0 spiro atoms. The van der Waals surface area contributed by atoms with Gasteiger partial charge in [0.15, 0.2) is 0 Å². The summed E-state index contributed by atoms with van der Waals surface area (Å²) in [5.41, 5.74) is 3.30. The second kappa shape index (κ2) is 6.69. The van der Waals surface area contributed by atoms with Gasteiger partial charge in [-0.3, -0.25) is 4.68 Å². The number of alkyl halides is 2. The lowest BCUT2D eigenvalue weighted by atomic mass is 10.2. The molecule has 20 heavy (non-hydrogen) atoms. The number of hydrogen-bond donors (Lipinski definition) is 1. The number of aromatic nitrogens is 4. The van der Waals surface area contributed by atoms with E-state index in [1.807, 2.05) is 18.5 Å². The van der Waals surface area contributed by atoms with Crippen LogP contribution in [-0.4, -0.2) is 19.6 Å². The van der Waals surface area contributed by atoms with E-state index in [2.05, 4.69) is 15.5 Å². The van der Waals surface area contributed by atoms with Crippen molar-refractivity contribution in [1.29, 1.82) is 0 Å². The molecule has 0 saturated heterocycles. The Hall–Kier alpha value is -1.63. The lowest BCUT2D eigenvalue weighted by Crippen LogP contribution is -2.09. The van der Waals surface area contributed by atoms with Crippen LogP contribution in [0.25, 0.3) is 0 Å². The zero-order valence-corrected chi connectivity index (χ0v) is 12.4. The van der Waals surface area contributed by atoms with Gasteiger partial charge in [-0.25, -0.2) is 4.68 Å². The van der Waals surface area contributed by atoms with Gasteiger partial charge in [0, 0.05) is 6.54 Å². The first-order valence-corrected chi connectivity index (χ1v) is 6.12. The van der Waals surface area contributed by atoms with Crippen LogP contribution in [0, 0.1) is 13.8 Å². The highest BCUT2D eigenvalue weighted by Crippen LogP contribution is 2.19. The highest BCUT2D eigenvalue weighted by Gasteiger charge is 2.12. The SMILES string of the molecule is CCn1ncc(C)c1CNc1cn(C(F)F)nc1C.Cl. The number of nitrogens with one attached hydrogen (secondary N) is 1. The van der Waals surface area contributed by atoms with Gasteiger partial charge in [-0.05, 0) is 26.3 Å². The summed E-state index contributed by atoms with van der Waals surface area (Å²) in [6.45, 7) is 4.39. The van der Waals surface area contributed by atoms with E-state index in [1.54, 1.807) is 13.1 Å². The first-order valence-electron chi connectivity index (χ1n) is 6.12. The van der Waals surface area contributed by atoms with Crippen molar-refractivity contribution in [3.8, 4) is 0 Å². The molecule has 0 aliphatic carbocycles. The van der Waals surface area contributed by atoms with Crippen LogP contribution in [0.3, 0.4) is 0 Å². The summed E-state index contributed by atoms with van der Waals surface area (Å²) >= 11 is 0. The highest BCUT2D eigenvalue weighted by molar-refractivity contribution is 5.85. The topological polar surface area (TPSA) is 47.7 Å². The minimum absolute atomic E-state index is 0. The average Bonchev–Trinajstić information content (AvgIpc) is 2.90. The van der Waals surface area contributed by atoms with E-state index in [0.717, 1.165) is 17.8 Å². The monoisotopic (exact) mass is 305 g/mol. The first-order chi connectivity index (χ1) is 9.02. The molecule has 0 aromatic carbocycles. The molecule has 112 valence electrons. The summed E-state index contributed by atoms with van der Waals surface area (Å²) < 4.78 is 27.6. The van der Waals surface area contributed by atoms with Gasteiger partial charge in [0.1, 0.15) is 0 Å². The predicted molar refractivity (Wildman–Crippen MR) is 75.4 cm³/mol. The van der Waals surface area contributed by atoms with Crippen molar-refractivity contribution in [2.75, 3.05) is 5.32 Å². The number of halogens is 3. The third-order valence-electron chi connectivity index (χ3n) is 3.02. The Morgan fingerprint density at radius 1 is 1.35 bits per heavy atom.